The molecule has 2 aliphatic heterocycles. The summed E-state index contributed by atoms with van der Waals surface area (Å²) in [6.45, 7) is 1.74. The number of amides is 1. The predicted octanol–water partition coefficient (Wildman–Crippen LogP) is 4.45. The average molecular weight is 445 g/mol. The Bertz CT molecular complexity index is 1180. The van der Waals surface area contributed by atoms with Gasteiger partial charge in [0.15, 0.2) is 11.5 Å². The van der Waals surface area contributed by atoms with Crippen LogP contribution < -0.4 is 19.5 Å². The van der Waals surface area contributed by atoms with E-state index in [0.717, 1.165) is 49.0 Å². The third-order valence-electron chi connectivity index (χ3n) is 6.39. The minimum atomic E-state index is -0.136. The number of nitrogens with one attached hydrogen (secondary N) is 1. The Hall–Kier alpha value is -3.51. The van der Waals surface area contributed by atoms with Crippen molar-refractivity contribution in [2.45, 2.75) is 25.8 Å². The normalized spacial score (nSPS) is 14.6. The van der Waals surface area contributed by atoms with Crippen molar-refractivity contribution in [3.63, 3.8) is 0 Å². The third kappa shape index (κ3) is 4.14. The minimum absolute atomic E-state index is 0.112. The van der Waals surface area contributed by atoms with E-state index in [1.165, 1.54) is 5.56 Å². The molecule has 0 spiro atoms. The lowest BCUT2D eigenvalue weighted by Crippen LogP contribution is -2.28. The molecular formula is C27H28N2O4. The van der Waals surface area contributed by atoms with Gasteiger partial charge in [-0.15, -0.1) is 0 Å². The number of hydrogen-bond acceptors (Lipinski definition) is 5. The van der Waals surface area contributed by atoms with Crippen LogP contribution in [0.4, 0.5) is 5.69 Å². The van der Waals surface area contributed by atoms with E-state index in [0.29, 0.717) is 28.5 Å². The highest BCUT2D eigenvalue weighted by molar-refractivity contribution is 6.07. The molecule has 0 radical (unpaired) electrons. The lowest BCUT2D eigenvalue weighted by atomic mass is 9.94. The minimum Gasteiger partial charge on any atom is -0.492 e. The number of likely N-dealkylation sites (N-methyl/N-ethyl adjacent to an activating group) is 1. The summed E-state index contributed by atoms with van der Waals surface area (Å²) < 4.78 is 17.2. The first kappa shape index (κ1) is 21.3. The van der Waals surface area contributed by atoms with Crippen molar-refractivity contribution < 1.29 is 19.0 Å². The molecule has 170 valence electrons. The fraction of sp³-hybridized carbons (Fsp3) is 0.296. The highest BCUT2D eigenvalue weighted by Crippen LogP contribution is 2.52. The number of methoxy groups -OCH3 is 1. The van der Waals surface area contributed by atoms with Crippen LogP contribution in [0.2, 0.25) is 0 Å². The first-order valence-electron chi connectivity index (χ1n) is 11.3. The zero-order valence-electron chi connectivity index (χ0n) is 19.0. The third-order valence-corrected chi connectivity index (χ3v) is 6.39. The first-order chi connectivity index (χ1) is 16.2. The number of fused-ring (bicyclic) bond motifs is 2. The lowest BCUT2D eigenvalue weighted by Gasteiger charge is -2.29. The molecule has 0 saturated carbocycles. The van der Waals surface area contributed by atoms with Gasteiger partial charge >= 0.3 is 0 Å². The number of aryl methyl sites for hydroxylation is 2. The first-order valence-corrected chi connectivity index (χ1v) is 11.3. The monoisotopic (exact) mass is 444 g/mol. The van der Waals surface area contributed by atoms with E-state index in [2.05, 4.69) is 29.4 Å². The van der Waals surface area contributed by atoms with E-state index < -0.39 is 0 Å². The SMILES string of the molecule is COc1c2c(c(NC(=O)c3ccccc3CCc3ccccc3)c3c1OCO3)CCN(C)C2. The zero-order chi connectivity index (χ0) is 22.8. The van der Waals surface area contributed by atoms with Crippen LogP contribution in [0.15, 0.2) is 54.6 Å². The maximum atomic E-state index is 13.5. The molecule has 5 rings (SSSR count). The Labute approximate surface area is 194 Å². The van der Waals surface area contributed by atoms with Crippen LogP contribution in [0.25, 0.3) is 0 Å². The van der Waals surface area contributed by atoms with Gasteiger partial charge in [-0.2, -0.15) is 0 Å². The Morgan fingerprint density at radius 3 is 2.58 bits per heavy atom. The number of carbonyl (C=O) groups excluding carboxylic acids is 1. The van der Waals surface area contributed by atoms with E-state index >= 15 is 0 Å². The summed E-state index contributed by atoms with van der Waals surface area (Å²) in [4.78, 5) is 15.7. The zero-order valence-corrected chi connectivity index (χ0v) is 19.0. The average Bonchev–Trinajstić information content (AvgIpc) is 3.33. The summed E-state index contributed by atoms with van der Waals surface area (Å²) >= 11 is 0. The van der Waals surface area contributed by atoms with Crippen LogP contribution in [0.5, 0.6) is 17.2 Å². The molecule has 3 aromatic rings. The van der Waals surface area contributed by atoms with Gasteiger partial charge in [-0.25, -0.2) is 0 Å². The topological polar surface area (TPSA) is 60.0 Å². The fourth-order valence-electron chi connectivity index (χ4n) is 4.70. The molecule has 1 amide bonds. The van der Waals surface area contributed by atoms with Crippen molar-refractivity contribution in [2.24, 2.45) is 0 Å². The van der Waals surface area contributed by atoms with Gasteiger partial charge in [0.05, 0.1) is 12.8 Å². The predicted molar refractivity (Wildman–Crippen MR) is 127 cm³/mol. The van der Waals surface area contributed by atoms with E-state index in [4.69, 9.17) is 14.2 Å². The van der Waals surface area contributed by atoms with Crippen molar-refractivity contribution in [3.8, 4) is 17.2 Å². The second-order valence-corrected chi connectivity index (χ2v) is 8.51. The number of carbonyl (C=O) groups is 1. The molecule has 2 heterocycles. The number of nitrogens with zero attached hydrogens (tertiary/aromatic N) is 1. The Morgan fingerprint density at radius 2 is 1.76 bits per heavy atom. The maximum absolute atomic E-state index is 13.5. The molecule has 0 atom stereocenters. The molecular weight excluding hydrogens is 416 g/mol. The van der Waals surface area contributed by atoms with E-state index in [1.54, 1.807) is 7.11 Å². The van der Waals surface area contributed by atoms with E-state index in [1.807, 2.05) is 42.5 Å². The summed E-state index contributed by atoms with van der Waals surface area (Å²) in [5, 5.41) is 3.17. The molecule has 33 heavy (non-hydrogen) atoms. The summed E-state index contributed by atoms with van der Waals surface area (Å²) in [6.07, 6.45) is 2.46. The van der Waals surface area contributed by atoms with Crippen LogP contribution in [0.1, 0.15) is 32.6 Å². The summed E-state index contributed by atoms with van der Waals surface area (Å²) in [7, 11) is 3.72. The molecule has 6 heteroatoms. The largest absolute Gasteiger partial charge is 0.492 e. The van der Waals surface area contributed by atoms with Crippen molar-refractivity contribution in [3.05, 3.63) is 82.4 Å². The number of rotatable bonds is 6. The van der Waals surface area contributed by atoms with Gasteiger partial charge in [-0.1, -0.05) is 48.5 Å². The highest BCUT2D eigenvalue weighted by Gasteiger charge is 2.33. The molecule has 6 nitrogen and oxygen atoms in total. The molecule has 0 aliphatic carbocycles. The molecule has 3 aromatic carbocycles. The molecule has 0 bridgehead atoms. The smallest absolute Gasteiger partial charge is 0.256 e. The Morgan fingerprint density at radius 1 is 1.00 bits per heavy atom. The van der Waals surface area contributed by atoms with Crippen LogP contribution in [0, 0.1) is 0 Å². The van der Waals surface area contributed by atoms with Crippen LogP contribution in [-0.4, -0.2) is 38.3 Å². The maximum Gasteiger partial charge on any atom is 0.256 e. The second kappa shape index (κ2) is 9.16. The van der Waals surface area contributed by atoms with Crippen molar-refractivity contribution >= 4 is 11.6 Å². The standard InChI is InChI=1S/C27H28N2O4/c1-29-15-14-21-22(16-29)24(31-2)26-25(32-17-33-26)23(21)28-27(30)20-11-7-6-10-19(20)13-12-18-8-4-3-5-9-18/h3-11H,12-17H2,1-2H3,(H,28,30). The summed E-state index contributed by atoms with van der Waals surface area (Å²) in [5.74, 6) is 1.69. The Kier molecular flexibility index (Phi) is 5.92. The van der Waals surface area contributed by atoms with Gasteiger partial charge in [0.1, 0.15) is 0 Å². The van der Waals surface area contributed by atoms with Gasteiger partial charge in [0, 0.05) is 24.2 Å². The quantitative estimate of drug-likeness (QED) is 0.609. The number of anilines is 1. The molecule has 0 saturated heterocycles. The van der Waals surface area contributed by atoms with Crippen LogP contribution >= 0.6 is 0 Å². The number of hydrogen-bond donors (Lipinski definition) is 1. The molecule has 0 unspecified atom stereocenters. The molecule has 0 fully saturated rings. The van der Waals surface area contributed by atoms with E-state index in [9.17, 15) is 4.79 Å². The van der Waals surface area contributed by atoms with Crippen molar-refractivity contribution in [2.75, 3.05) is 32.8 Å². The van der Waals surface area contributed by atoms with Crippen LogP contribution in [-0.2, 0) is 25.8 Å². The molecule has 1 N–H and O–H groups in total. The second-order valence-electron chi connectivity index (χ2n) is 8.51. The van der Waals surface area contributed by atoms with Crippen molar-refractivity contribution in [1.29, 1.82) is 0 Å². The van der Waals surface area contributed by atoms with E-state index in [-0.39, 0.29) is 12.7 Å². The number of ether oxygens (including phenoxy) is 3. The fourth-order valence-corrected chi connectivity index (χ4v) is 4.70. The van der Waals surface area contributed by atoms with Gasteiger partial charge in [0.25, 0.3) is 5.91 Å². The number of benzene rings is 3. The highest BCUT2D eigenvalue weighted by atomic mass is 16.7. The molecule has 2 aliphatic rings. The van der Waals surface area contributed by atoms with Crippen LogP contribution in [0.3, 0.4) is 0 Å². The lowest BCUT2D eigenvalue weighted by molar-refractivity contribution is 0.102. The summed E-state index contributed by atoms with van der Waals surface area (Å²) in [5.41, 5.74) is 5.76. The van der Waals surface area contributed by atoms with Crippen molar-refractivity contribution in [1.82, 2.24) is 4.90 Å². The van der Waals surface area contributed by atoms with Gasteiger partial charge in [-0.3, -0.25) is 4.79 Å². The van der Waals surface area contributed by atoms with Gasteiger partial charge in [-0.05, 0) is 49.1 Å². The van der Waals surface area contributed by atoms with Gasteiger partial charge in [0.2, 0.25) is 12.5 Å². The van der Waals surface area contributed by atoms with Gasteiger partial charge < -0.3 is 24.4 Å². The molecule has 0 aromatic heterocycles. The Balaban J connectivity index is 1.47. The summed E-state index contributed by atoms with van der Waals surface area (Å²) in [6, 6.07) is 18.1.